The lowest BCUT2D eigenvalue weighted by atomic mass is 10.0. The predicted octanol–water partition coefficient (Wildman–Crippen LogP) is 16.0. The number of rotatable bonds is 53. The Kier molecular flexibility index (Phi) is 51.6. The van der Waals surface area contributed by atoms with E-state index in [-0.39, 0.29) is 38.6 Å². The Morgan fingerprint density at radius 3 is 1.10 bits per heavy atom. The van der Waals surface area contributed by atoms with E-state index in [0.29, 0.717) is 17.4 Å². The van der Waals surface area contributed by atoms with Gasteiger partial charge >= 0.3 is 11.9 Å². The van der Waals surface area contributed by atoms with Crippen molar-refractivity contribution in [2.75, 3.05) is 47.5 Å². The number of nitrogens with zero attached hydrogens (tertiary/aromatic N) is 1. The molecule has 0 aromatic heterocycles. The van der Waals surface area contributed by atoms with Crippen LogP contribution in [0.25, 0.3) is 0 Å². The zero-order valence-electron chi connectivity index (χ0n) is 47.5. The molecule has 0 radical (unpaired) electrons. The second-order valence-electron chi connectivity index (χ2n) is 20.5. The van der Waals surface area contributed by atoms with Crippen molar-refractivity contribution in [1.29, 1.82) is 0 Å². The second-order valence-corrected chi connectivity index (χ2v) is 20.5. The molecule has 0 heterocycles. The van der Waals surface area contributed by atoms with Gasteiger partial charge in [-0.15, -0.1) is 0 Å². The molecule has 73 heavy (non-hydrogen) atoms. The van der Waals surface area contributed by atoms with Gasteiger partial charge in [0.2, 0.25) is 0 Å². The first kappa shape index (κ1) is 69.2. The minimum atomic E-state index is -1.63. The molecular weight excluding hydrogens is 911 g/mol. The minimum Gasteiger partial charge on any atom is -0.545 e. The van der Waals surface area contributed by atoms with E-state index in [1.165, 1.54) is 83.5 Å². The first-order valence-electron chi connectivity index (χ1n) is 29.4. The number of hydrogen-bond acceptors (Lipinski definition) is 8. The number of allylic oxidation sites excluding steroid dienone is 16. The van der Waals surface area contributed by atoms with Crippen molar-refractivity contribution in [2.45, 2.75) is 245 Å². The van der Waals surface area contributed by atoms with Gasteiger partial charge in [0.15, 0.2) is 12.4 Å². The van der Waals surface area contributed by atoms with Crippen LogP contribution in [0.1, 0.15) is 232 Å². The average molecular weight is 1020 g/mol. The summed E-state index contributed by atoms with van der Waals surface area (Å²) in [7, 11) is 5.91. The Hall–Kier alpha value is -3.79. The van der Waals surface area contributed by atoms with Gasteiger partial charge in [-0.1, -0.05) is 227 Å². The van der Waals surface area contributed by atoms with Crippen molar-refractivity contribution in [3.05, 3.63) is 97.2 Å². The highest BCUT2D eigenvalue weighted by atomic mass is 16.7. The third-order valence-electron chi connectivity index (χ3n) is 12.3. The molecule has 0 saturated heterocycles. The molecule has 0 aliphatic carbocycles. The van der Waals surface area contributed by atoms with Crippen molar-refractivity contribution >= 4 is 17.9 Å². The van der Waals surface area contributed by atoms with Gasteiger partial charge in [-0.05, 0) is 89.9 Å². The van der Waals surface area contributed by atoms with Crippen LogP contribution in [-0.2, 0) is 33.3 Å². The SMILES string of the molecule is CC/C=C\C/C=C\C/C=C\C/C=C\CCCCCCCCCCCCCCCCCCC(=O)OC(COC(=O)CCCCCCCC/C=C\C/C=C\C/C=C\C/C=C\CC)COC(OCC[N+](C)(C)C)C(=O)[O-]. The lowest BCUT2D eigenvalue weighted by Gasteiger charge is -2.26. The number of ether oxygens (including phenoxy) is 4. The number of esters is 2. The summed E-state index contributed by atoms with van der Waals surface area (Å²) in [4.78, 5) is 37.3. The van der Waals surface area contributed by atoms with Crippen LogP contribution in [-0.4, -0.2) is 82.3 Å². The van der Waals surface area contributed by atoms with E-state index in [1.54, 1.807) is 0 Å². The Balaban J connectivity index is 4.22. The largest absolute Gasteiger partial charge is 0.545 e. The summed E-state index contributed by atoms with van der Waals surface area (Å²) in [5, 5.41) is 11.8. The molecule has 0 bridgehead atoms. The number of likely N-dealkylation sites (N-methyl/N-ethyl adjacent to an activating group) is 1. The minimum absolute atomic E-state index is 0.141. The van der Waals surface area contributed by atoms with Crippen molar-refractivity contribution in [2.24, 2.45) is 0 Å². The molecule has 0 aliphatic rings. The van der Waals surface area contributed by atoms with E-state index in [0.717, 1.165) is 116 Å². The van der Waals surface area contributed by atoms with Crippen LogP contribution in [0.4, 0.5) is 0 Å². The lowest BCUT2D eigenvalue weighted by molar-refractivity contribution is -0.870. The summed E-state index contributed by atoms with van der Waals surface area (Å²) in [6.45, 7) is 4.51. The number of carbonyl (C=O) groups is 3. The van der Waals surface area contributed by atoms with Gasteiger partial charge in [0.05, 0.1) is 40.3 Å². The summed E-state index contributed by atoms with van der Waals surface area (Å²) in [6, 6.07) is 0. The predicted molar refractivity (Wildman–Crippen MR) is 306 cm³/mol. The molecule has 0 N–H and O–H groups in total. The zero-order valence-corrected chi connectivity index (χ0v) is 47.5. The Morgan fingerprint density at radius 2 is 0.740 bits per heavy atom. The normalized spacial score (nSPS) is 13.5. The fraction of sp³-hybridized carbons (Fsp3) is 0.703. The Morgan fingerprint density at radius 1 is 0.411 bits per heavy atom. The highest BCUT2D eigenvalue weighted by Crippen LogP contribution is 2.16. The van der Waals surface area contributed by atoms with E-state index in [2.05, 4.69) is 111 Å². The number of carboxylic acid groups (broad SMARTS) is 1. The molecule has 0 amide bonds. The first-order valence-corrected chi connectivity index (χ1v) is 29.4. The summed E-state index contributed by atoms with van der Waals surface area (Å²) in [6.07, 6.45) is 70.3. The molecule has 418 valence electrons. The number of hydrogen-bond donors (Lipinski definition) is 0. The summed E-state index contributed by atoms with van der Waals surface area (Å²) < 4.78 is 22.7. The molecule has 0 fully saturated rings. The number of aliphatic carboxylic acids is 1. The monoisotopic (exact) mass is 1020 g/mol. The molecule has 0 saturated carbocycles. The highest BCUT2D eigenvalue weighted by molar-refractivity contribution is 5.70. The van der Waals surface area contributed by atoms with E-state index in [9.17, 15) is 19.5 Å². The molecule has 0 spiro atoms. The fourth-order valence-corrected chi connectivity index (χ4v) is 7.87. The van der Waals surface area contributed by atoms with Crippen molar-refractivity contribution < 1.29 is 42.9 Å². The van der Waals surface area contributed by atoms with Gasteiger partial charge in [0.25, 0.3) is 0 Å². The summed E-state index contributed by atoms with van der Waals surface area (Å²) in [5.74, 6) is -2.30. The first-order chi connectivity index (χ1) is 35.6. The Labute approximate surface area is 448 Å². The molecule has 0 aromatic carbocycles. The van der Waals surface area contributed by atoms with E-state index in [1.807, 2.05) is 21.1 Å². The van der Waals surface area contributed by atoms with Crippen molar-refractivity contribution in [3.8, 4) is 0 Å². The molecule has 0 aliphatic heterocycles. The standard InChI is InChI=1S/C64H109NO8/c1-6-8-10-12-14-16-18-20-22-24-26-27-28-29-30-31-32-33-34-35-37-39-41-43-45-47-49-51-53-55-62(67)73-60(59-72-64(63(68)69)70-57-56-65(3,4)5)58-71-61(66)54-52-50-48-46-44-42-40-38-36-25-23-21-19-17-15-13-11-9-7-2/h8-11,14-17,20-23,26-27,36,38,60,64H,6-7,12-13,18-19,24-25,28-35,37,39-59H2,1-5H3/b10-8-,11-9-,16-14-,17-15-,22-20-,23-21-,27-26-,38-36-. The van der Waals surface area contributed by atoms with E-state index in [4.69, 9.17) is 18.9 Å². The quantitative estimate of drug-likeness (QED) is 0.0195. The third-order valence-corrected chi connectivity index (χ3v) is 12.3. The number of unbranched alkanes of at least 4 members (excludes halogenated alkanes) is 22. The number of carbonyl (C=O) groups excluding carboxylic acids is 3. The fourth-order valence-electron chi connectivity index (χ4n) is 7.87. The number of quaternary nitrogens is 1. The molecule has 9 nitrogen and oxygen atoms in total. The third kappa shape index (κ3) is 55.8. The van der Waals surface area contributed by atoms with Crippen molar-refractivity contribution in [3.63, 3.8) is 0 Å². The molecule has 2 unspecified atom stereocenters. The van der Waals surface area contributed by atoms with Crippen LogP contribution in [0.15, 0.2) is 97.2 Å². The van der Waals surface area contributed by atoms with Gasteiger partial charge < -0.3 is 33.3 Å². The molecule has 0 rings (SSSR count). The lowest BCUT2D eigenvalue weighted by Crippen LogP contribution is -2.44. The topological polar surface area (TPSA) is 111 Å². The second kappa shape index (κ2) is 54.5. The molecule has 2 atom stereocenters. The van der Waals surface area contributed by atoms with Crippen LogP contribution >= 0.6 is 0 Å². The Bertz CT molecular complexity index is 1520. The van der Waals surface area contributed by atoms with E-state index < -0.39 is 24.3 Å². The van der Waals surface area contributed by atoms with Crippen LogP contribution in [0.5, 0.6) is 0 Å². The van der Waals surface area contributed by atoms with Gasteiger partial charge in [-0.3, -0.25) is 9.59 Å². The maximum atomic E-state index is 12.9. The van der Waals surface area contributed by atoms with Gasteiger partial charge in [-0.25, -0.2) is 0 Å². The molecule has 9 heteroatoms. The van der Waals surface area contributed by atoms with E-state index >= 15 is 0 Å². The van der Waals surface area contributed by atoms with Gasteiger partial charge in [-0.2, -0.15) is 0 Å². The molecule has 0 aromatic rings. The van der Waals surface area contributed by atoms with Crippen LogP contribution in [0.2, 0.25) is 0 Å². The van der Waals surface area contributed by atoms with Gasteiger partial charge in [0, 0.05) is 12.8 Å². The number of carboxylic acids is 1. The zero-order chi connectivity index (χ0) is 53.4. The van der Waals surface area contributed by atoms with Crippen LogP contribution in [0.3, 0.4) is 0 Å². The van der Waals surface area contributed by atoms with Crippen LogP contribution < -0.4 is 5.11 Å². The summed E-state index contributed by atoms with van der Waals surface area (Å²) in [5.41, 5.74) is 0. The smallest absolute Gasteiger partial charge is 0.306 e. The average Bonchev–Trinajstić information content (AvgIpc) is 3.36. The highest BCUT2D eigenvalue weighted by Gasteiger charge is 2.22. The maximum Gasteiger partial charge on any atom is 0.306 e. The van der Waals surface area contributed by atoms with Crippen molar-refractivity contribution in [1.82, 2.24) is 0 Å². The summed E-state index contributed by atoms with van der Waals surface area (Å²) >= 11 is 0. The molecular formula is C64H109NO8. The van der Waals surface area contributed by atoms with Gasteiger partial charge in [0.1, 0.15) is 13.2 Å². The van der Waals surface area contributed by atoms with Crippen LogP contribution in [0, 0.1) is 0 Å². The maximum absolute atomic E-state index is 12.9.